The van der Waals surface area contributed by atoms with Crippen molar-refractivity contribution < 1.29 is 0 Å². The van der Waals surface area contributed by atoms with Gasteiger partial charge in [0, 0.05) is 0 Å². The molecule has 0 aliphatic heterocycles. The van der Waals surface area contributed by atoms with E-state index < -0.39 is 0 Å². The first-order valence-corrected chi connectivity index (χ1v) is 4.80. The largest absolute Gasteiger partial charge is 0.0620 e. The van der Waals surface area contributed by atoms with E-state index in [1.165, 1.54) is 24.8 Å². The van der Waals surface area contributed by atoms with Gasteiger partial charge in [0.15, 0.2) is 0 Å². The molecule has 0 nitrogen and oxygen atoms in total. The van der Waals surface area contributed by atoms with Crippen molar-refractivity contribution in [3.05, 3.63) is 41.8 Å². The van der Waals surface area contributed by atoms with Crippen LogP contribution in [0.15, 0.2) is 24.3 Å². The van der Waals surface area contributed by atoms with Gasteiger partial charge in [-0.05, 0) is 36.3 Å². The van der Waals surface area contributed by atoms with Crippen LogP contribution in [0.25, 0.3) is 0 Å². The van der Waals surface area contributed by atoms with E-state index in [2.05, 4.69) is 37.6 Å². The standard InChI is InChI=1S/C12H15/c1-2-10-6-3-4-9-12(10)11-7-5-8-11/h2-4,6,9,11H,5,7-8H2,1H3. The third-order valence-electron chi connectivity index (χ3n) is 2.85. The molecule has 12 heavy (non-hydrogen) atoms. The Morgan fingerprint density at radius 2 is 2.00 bits per heavy atom. The Morgan fingerprint density at radius 1 is 1.25 bits per heavy atom. The van der Waals surface area contributed by atoms with E-state index in [1.54, 1.807) is 5.56 Å². The molecule has 0 spiro atoms. The number of rotatable bonds is 2. The first kappa shape index (κ1) is 7.85. The summed E-state index contributed by atoms with van der Waals surface area (Å²) in [7, 11) is 0. The van der Waals surface area contributed by atoms with Crippen molar-refractivity contribution in [1.29, 1.82) is 0 Å². The van der Waals surface area contributed by atoms with Crippen molar-refractivity contribution >= 4 is 0 Å². The quantitative estimate of drug-likeness (QED) is 0.619. The Balaban J connectivity index is 2.27. The van der Waals surface area contributed by atoms with Crippen LogP contribution in [-0.2, 0) is 0 Å². The molecule has 0 unspecified atom stereocenters. The molecule has 0 bridgehead atoms. The minimum absolute atomic E-state index is 0.859. The van der Waals surface area contributed by atoms with Crippen LogP contribution in [0, 0.1) is 6.42 Å². The third kappa shape index (κ3) is 1.26. The lowest BCUT2D eigenvalue weighted by Gasteiger charge is -2.27. The van der Waals surface area contributed by atoms with Gasteiger partial charge in [0.05, 0.1) is 0 Å². The maximum Gasteiger partial charge on any atom is -0.0121 e. The van der Waals surface area contributed by atoms with Crippen LogP contribution < -0.4 is 0 Å². The molecule has 1 saturated carbocycles. The van der Waals surface area contributed by atoms with Gasteiger partial charge in [-0.15, -0.1) is 0 Å². The van der Waals surface area contributed by atoms with E-state index in [4.69, 9.17) is 0 Å². The molecule has 0 heterocycles. The van der Waals surface area contributed by atoms with Crippen LogP contribution in [0.3, 0.4) is 0 Å². The molecule has 0 heteroatoms. The van der Waals surface area contributed by atoms with E-state index in [-0.39, 0.29) is 0 Å². The number of hydrogen-bond acceptors (Lipinski definition) is 0. The van der Waals surface area contributed by atoms with Gasteiger partial charge >= 0.3 is 0 Å². The molecule has 1 fully saturated rings. The van der Waals surface area contributed by atoms with E-state index in [0.717, 1.165) is 5.92 Å². The molecule has 1 aliphatic rings. The summed E-state index contributed by atoms with van der Waals surface area (Å²) in [5.74, 6) is 0.859. The van der Waals surface area contributed by atoms with Crippen LogP contribution in [0.1, 0.15) is 43.2 Å². The second-order valence-electron chi connectivity index (χ2n) is 3.55. The summed E-state index contributed by atoms with van der Waals surface area (Å²) in [5.41, 5.74) is 2.99. The van der Waals surface area contributed by atoms with Gasteiger partial charge < -0.3 is 0 Å². The summed E-state index contributed by atoms with van der Waals surface area (Å²) in [6.45, 7) is 2.12. The molecule has 0 saturated heterocycles. The Kier molecular flexibility index (Phi) is 2.16. The summed E-state index contributed by atoms with van der Waals surface area (Å²) < 4.78 is 0. The molecular formula is C12H15. The normalized spacial score (nSPS) is 17.4. The molecule has 0 aromatic heterocycles. The molecule has 0 N–H and O–H groups in total. The second-order valence-corrected chi connectivity index (χ2v) is 3.55. The van der Waals surface area contributed by atoms with Gasteiger partial charge in [0.25, 0.3) is 0 Å². The Bertz CT molecular complexity index is 258. The molecule has 2 rings (SSSR count). The highest BCUT2D eigenvalue weighted by atomic mass is 14.3. The fourth-order valence-corrected chi connectivity index (χ4v) is 1.86. The third-order valence-corrected chi connectivity index (χ3v) is 2.85. The van der Waals surface area contributed by atoms with Crippen molar-refractivity contribution in [2.75, 3.05) is 0 Å². The van der Waals surface area contributed by atoms with Gasteiger partial charge in [0.2, 0.25) is 0 Å². The van der Waals surface area contributed by atoms with Crippen LogP contribution in [0.5, 0.6) is 0 Å². The lowest BCUT2D eigenvalue weighted by molar-refractivity contribution is 0.418. The highest BCUT2D eigenvalue weighted by molar-refractivity contribution is 5.35. The van der Waals surface area contributed by atoms with Crippen LogP contribution in [-0.4, -0.2) is 0 Å². The van der Waals surface area contributed by atoms with Crippen molar-refractivity contribution in [2.45, 2.75) is 32.1 Å². The Hall–Kier alpha value is -0.780. The van der Waals surface area contributed by atoms with E-state index in [9.17, 15) is 0 Å². The molecule has 63 valence electrons. The number of benzene rings is 1. The van der Waals surface area contributed by atoms with Crippen LogP contribution >= 0.6 is 0 Å². The monoisotopic (exact) mass is 159 g/mol. The van der Waals surface area contributed by atoms with Gasteiger partial charge in [-0.25, -0.2) is 0 Å². The molecule has 1 aliphatic carbocycles. The molecular weight excluding hydrogens is 144 g/mol. The number of hydrogen-bond donors (Lipinski definition) is 0. The van der Waals surface area contributed by atoms with Crippen LogP contribution in [0.4, 0.5) is 0 Å². The van der Waals surface area contributed by atoms with Gasteiger partial charge in [-0.2, -0.15) is 0 Å². The molecule has 0 amide bonds. The maximum absolute atomic E-state index is 2.28. The highest BCUT2D eigenvalue weighted by Crippen LogP contribution is 2.38. The van der Waals surface area contributed by atoms with Gasteiger partial charge in [0.1, 0.15) is 0 Å². The molecule has 0 atom stereocenters. The maximum atomic E-state index is 2.28. The molecule has 1 aromatic carbocycles. The fraction of sp³-hybridized carbons (Fsp3) is 0.417. The Morgan fingerprint density at radius 3 is 2.58 bits per heavy atom. The highest BCUT2D eigenvalue weighted by Gasteiger charge is 2.20. The van der Waals surface area contributed by atoms with Crippen molar-refractivity contribution in [3.8, 4) is 0 Å². The summed E-state index contributed by atoms with van der Waals surface area (Å²) >= 11 is 0. The summed E-state index contributed by atoms with van der Waals surface area (Å²) in [4.78, 5) is 0. The Labute approximate surface area is 74.6 Å². The smallest absolute Gasteiger partial charge is 0.0121 e. The van der Waals surface area contributed by atoms with Gasteiger partial charge in [-0.1, -0.05) is 37.6 Å². The second kappa shape index (κ2) is 3.30. The fourth-order valence-electron chi connectivity index (χ4n) is 1.86. The summed E-state index contributed by atoms with van der Waals surface area (Å²) in [6.07, 6.45) is 6.42. The predicted molar refractivity (Wildman–Crippen MR) is 52.1 cm³/mol. The first-order chi connectivity index (χ1) is 5.92. The zero-order valence-electron chi connectivity index (χ0n) is 7.59. The summed E-state index contributed by atoms with van der Waals surface area (Å²) in [5, 5.41) is 0. The SMILES string of the molecule is C[CH]c1ccccc1C1CCC1. The average molecular weight is 159 g/mol. The molecule has 1 radical (unpaired) electrons. The van der Waals surface area contributed by atoms with Crippen molar-refractivity contribution in [2.24, 2.45) is 0 Å². The van der Waals surface area contributed by atoms with Crippen LogP contribution in [0.2, 0.25) is 0 Å². The lowest BCUT2D eigenvalue weighted by Crippen LogP contribution is -2.10. The minimum Gasteiger partial charge on any atom is -0.0620 e. The first-order valence-electron chi connectivity index (χ1n) is 4.80. The van der Waals surface area contributed by atoms with Gasteiger partial charge in [-0.3, -0.25) is 0 Å². The lowest BCUT2D eigenvalue weighted by atomic mass is 9.78. The minimum atomic E-state index is 0.859. The van der Waals surface area contributed by atoms with E-state index in [1.807, 2.05) is 0 Å². The van der Waals surface area contributed by atoms with E-state index >= 15 is 0 Å². The summed E-state index contributed by atoms with van der Waals surface area (Å²) in [6, 6.07) is 8.77. The van der Waals surface area contributed by atoms with Crippen molar-refractivity contribution in [1.82, 2.24) is 0 Å². The van der Waals surface area contributed by atoms with Crippen molar-refractivity contribution in [3.63, 3.8) is 0 Å². The zero-order valence-corrected chi connectivity index (χ0v) is 7.59. The average Bonchev–Trinajstić information content (AvgIpc) is 2.02. The predicted octanol–water partition coefficient (Wildman–Crippen LogP) is 3.53. The molecule has 1 aromatic rings. The zero-order chi connectivity index (χ0) is 8.39. The topological polar surface area (TPSA) is 0 Å². The van der Waals surface area contributed by atoms with E-state index in [0.29, 0.717) is 0 Å².